The number of hydrogen-bond donors (Lipinski definition) is 1. The minimum Gasteiger partial charge on any atom is -0.479 e. The Hall–Kier alpha value is -1.87. The Labute approximate surface area is 99.6 Å². The van der Waals surface area contributed by atoms with E-state index < -0.39 is 11.6 Å². The topological polar surface area (TPSA) is 46.5 Å². The van der Waals surface area contributed by atoms with Crippen LogP contribution in [0, 0.1) is 0 Å². The molecule has 0 aliphatic carbocycles. The molecular formula is C14H14O3. The van der Waals surface area contributed by atoms with Crippen LogP contribution in [0.15, 0.2) is 42.5 Å². The van der Waals surface area contributed by atoms with Gasteiger partial charge in [-0.1, -0.05) is 42.5 Å². The highest BCUT2D eigenvalue weighted by Gasteiger charge is 2.36. The normalized spacial score (nSPS) is 14.5. The fourth-order valence-electron chi connectivity index (χ4n) is 1.95. The minimum atomic E-state index is -1.32. The maximum Gasteiger partial charge on any atom is 0.340 e. The van der Waals surface area contributed by atoms with Crippen molar-refractivity contribution in [3.8, 4) is 0 Å². The molecule has 2 rings (SSSR count). The Morgan fingerprint density at radius 1 is 1.18 bits per heavy atom. The second-order valence-corrected chi connectivity index (χ2v) is 4.07. The molecule has 0 fully saturated rings. The van der Waals surface area contributed by atoms with Gasteiger partial charge in [-0.05, 0) is 17.7 Å². The smallest absolute Gasteiger partial charge is 0.340 e. The fraction of sp³-hybridized carbons (Fsp3) is 0.214. The number of carboxylic acids is 1. The lowest BCUT2D eigenvalue weighted by Gasteiger charge is -2.25. The zero-order valence-corrected chi connectivity index (χ0v) is 9.81. The fourth-order valence-corrected chi connectivity index (χ4v) is 1.95. The molecule has 1 N–H and O–H groups in total. The van der Waals surface area contributed by atoms with Crippen LogP contribution in [0.2, 0.25) is 0 Å². The van der Waals surface area contributed by atoms with Crippen LogP contribution in [0.3, 0.4) is 0 Å². The van der Waals surface area contributed by atoms with Crippen LogP contribution in [0.5, 0.6) is 0 Å². The van der Waals surface area contributed by atoms with Crippen molar-refractivity contribution in [2.45, 2.75) is 12.5 Å². The molecule has 0 spiro atoms. The molecule has 3 nitrogen and oxygen atoms in total. The summed E-state index contributed by atoms with van der Waals surface area (Å²) in [5.41, 5.74) is -0.647. The lowest BCUT2D eigenvalue weighted by Crippen LogP contribution is -2.34. The maximum atomic E-state index is 11.4. The van der Waals surface area contributed by atoms with Gasteiger partial charge < -0.3 is 9.84 Å². The largest absolute Gasteiger partial charge is 0.479 e. The molecule has 2 aromatic rings. The molecule has 17 heavy (non-hydrogen) atoms. The first-order valence-corrected chi connectivity index (χ1v) is 5.36. The predicted octanol–water partition coefficient (Wildman–Crippen LogP) is 2.79. The van der Waals surface area contributed by atoms with Crippen LogP contribution < -0.4 is 0 Å². The van der Waals surface area contributed by atoms with Crippen LogP contribution in [0.25, 0.3) is 10.8 Å². The Morgan fingerprint density at radius 3 is 2.47 bits per heavy atom. The molecular weight excluding hydrogens is 216 g/mol. The number of methoxy groups -OCH3 is 1. The van der Waals surface area contributed by atoms with Gasteiger partial charge in [0, 0.05) is 12.7 Å². The van der Waals surface area contributed by atoms with Crippen molar-refractivity contribution >= 4 is 16.7 Å². The van der Waals surface area contributed by atoms with E-state index >= 15 is 0 Å². The van der Waals surface area contributed by atoms with Crippen molar-refractivity contribution < 1.29 is 14.6 Å². The van der Waals surface area contributed by atoms with Crippen molar-refractivity contribution in [2.24, 2.45) is 0 Å². The lowest BCUT2D eigenvalue weighted by molar-refractivity contribution is -0.161. The van der Waals surface area contributed by atoms with E-state index in [-0.39, 0.29) is 0 Å². The SMILES string of the molecule is CO[C@@](C)(C(=O)O)c1cccc2ccccc12. The van der Waals surface area contributed by atoms with Crippen molar-refractivity contribution in [1.29, 1.82) is 0 Å². The average molecular weight is 230 g/mol. The van der Waals surface area contributed by atoms with Gasteiger partial charge in [-0.2, -0.15) is 0 Å². The summed E-state index contributed by atoms with van der Waals surface area (Å²) in [6.45, 7) is 1.57. The minimum absolute atomic E-state index is 0.672. The van der Waals surface area contributed by atoms with E-state index in [9.17, 15) is 9.90 Å². The van der Waals surface area contributed by atoms with Crippen LogP contribution in [0.1, 0.15) is 12.5 Å². The standard InChI is InChI=1S/C14H14O3/c1-14(17-2,13(15)16)12-9-5-7-10-6-3-4-8-11(10)12/h3-9H,1-2H3,(H,15,16)/t14-/m1/s1. The number of ether oxygens (including phenoxy) is 1. The van der Waals surface area contributed by atoms with E-state index in [1.165, 1.54) is 7.11 Å². The maximum absolute atomic E-state index is 11.4. The molecule has 0 aliphatic heterocycles. The molecule has 0 aliphatic rings. The highest BCUT2D eigenvalue weighted by atomic mass is 16.5. The van der Waals surface area contributed by atoms with E-state index in [1.807, 2.05) is 36.4 Å². The molecule has 0 aromatic heterocycles. The summed E-state index contributed by atoms with van der Waals surface area (Å²) in [4.78, 5) is 11.4. The first-order valence-electron chi connectivity index (χ1n) is 5.36. The third kappa shape index (κ3) is 1.78. The van der Waals surface area contributed by atoms with Crippen LogP contribution in [0.4, 0.5) is 0 Å². The van der Waals surface area contributed by atoms with Gasteiger partial charge in [-0.3, -0.25) is 0 Å². The summed E-state index contributed by atoms with van der Waals surface area (Å²) in [5.74, 6) is -0.989. The van der Waals surface area contributed by atoms with Crippen LogP contribution >= 0.6 is 0 Å². The predicted molar refractivity (Wildman–Crippen MR) is 65.9 cm³/mol. The molecule has 0 radical (unpaired) electrons. The Bertz CT molecular complexity index is 557. The molecule has 0 saturated heterocycles. The quantitative estimate of drug-likeness (QED) is 0.881. The second kappa shape index (κ2) is 4.18. The summed E-state index contributed by atoms with van der Waals surface area (Å²) in [6.07, 6.45) is 0. The summed E-state index contributed by atoms with van der Waals surface area (Å²) in [5, 5.41) is 11.2. The highest BCUT2D eigenvalue weighted by Crippen LogP contribution is 2.31. The first-order chi connectivity index (χ1) is 8.09. The zero-order valence-electron chi connectivity index (χ0n) is 9.81. The number of benzene rings is 2. The number of carbonyl (C=O) groups is 1. The Balaban J connectivity index is 2.74. The Morgan fingerprint density at radius 2 is 1.82 bits per heavy atom. The van der Waals surface area contributed by atoms with Gasteiger partial charge in [-0.15, -0.1) is 0 Å². The van der Waals surface area contributed by atoms with Gasteiger partial charge in [0.25, 0.3) is 0 Å². The lowest BCUT2D eigenvalue weighted by atomic mass is 9.91. The number of carboxylic acid groups (broad SMARTS) is 1. The summed E-state index contributed by atoms with van der Waals surface area (Å²) < 4.78 is 5.19. The molecule has 0 saturated carbocycles. The monoisotopic (exact) mass is 230 g/mol. The van der Waals surface area contributed by atoms with Gasteiger partial charge in [0.2, 0.25) is 0 Å². The van der Waals surface area contributed by atoms with E-state index in [0.717, 1.165) is 10.8 Å². The van der Waals surface area contributed by atoms with Crippen molar-refractivity contribution in [1.82, 2.24) is 0 Å². The third-order valence-electron chi connectivity index (χ3n) is 3.12. The summed E-state index contributed by atoms with van der Waals surface area (Å²) in [7, 11) is 1.41. The molecule has 2 aromatic carbocycles. The first kappa shape index (κ1) is 11.6. The number of fused-ring (bicyclic) bond motifs is 1. The molecule has 1 atom stereocenters. The second-order valence-electron chi connectivity index (χ2n) is 4.07. The van der Waals surface area contributed by atoms with Crippen LogP contribution in [-0.2, 0) is 15.1 Å². The van der Waals surface area contributed by atoms with Gasteiger partial charge in [-0.25, -0.2) is 4.79 Å². The van der Waals surface area contributed by atoms with Crippen molar-refractivity contribution in [3.63, 3.8) is 0 Å². The highest BCUT2D eigenvalue weighted by molar-refractivity contribution is 5.92. The Kier molecular flexibility index (Phi) is 2.86. The molecule has 88 valence electrons. The van der Waals surface area contributed by atoms with E-state index in [4.69, 9.17) is 4.74 Å². The number of rotatable bonds is 3. The van der Waals surface area contributed by atoms with Gasteiger partial charge in [0.1, 0.15) is 0 Å². The molecule has 0 amide bonds. The van der Waals surface area contributed by atoms with E-state index in [0.29, 0.717) is 5.56 Å². The van der Waals surface area contributed by atoms with Crippen LogP contribution in [-0.4, -0.2) is 18.2 Å². The average Bonchev–Trinajstić information content (AvgIpc) is 2.37. The number of hydrogen-bond acceptors (Lipinski definition) is 2. The van der Waals surface area contributed by atoms with Gasteiger partial charge >= 0.3 is 5.97 Å². The van der Waals surface area contributed by atoms with Crippen molar-refractivity contribution in [3.05, 3.63) is 48.0 Å². The van der Waals surface area contributed by atoms with Gasteiger partial charge in [0.05, 0.1) is 0 Å². The van der Waals surface area contributed by atoms with E-state index in [1.54, 1.807) is 13.0 Å². The molecule has 3 heteroatoms. The molecule has 0 heterocycles. The summed E-state index contributed by atoms with van der Waals surface area (Å²) in [6, 6.07) is 13.3. The van der Waals surface area contributed by atoms with Crippen molar-refractivity contribution in [2.75, 3.05) is 7.11 Å². The molecule has 0 bridgehead atoms. The summed E-state index contributed by atoms with van der Waals surface area (Å²) >= 11 is 0. The zero-order chi connectivity index (χ0) is 12.5. The van der Waals surface area contributed by atoms with Gasteiger partial charge in [0.15, 0.2) is 5.60 Å². The van der Waals surface area contributed by atoms with E-state index in [2.05, 4.69) is 0 Å². The molecule has 0 unspecified atom stereocenters. The number of aliphatic carboxylic acids is 1. The third-order valence-corrected chi connectivity index (χ3v) is 3.12.